The second-order valence-electron chi connectivity index (χ2n) is 10.6. The summed E-state index contributed by atoms with van der Waals surface area (Å²) in [6.07, 6.45) is 0.0682. The van der Waals surface area contributed by atoms with Crippen molar-refractivity contribution in [1.29, 1.82) is 0 Å². The number of rotatable bonds is 7. The first-order valence-corrected chi connectivity index (χ1v) is 13.2. The number of alkyl halides is 2. The lowest BCUT2D eigenvalue weighted by molar-refractivity contribution is -0.189. The van der Waals surface area contributed by atoms with Gasteiger partial charge in [-0.15, -0.1) is 0 Å². The topological polar surface area (TPSA) is 47.9 Å². The molecule has 1 fully saturated rings. The van der Waals surface area contributed by atoms with Gasteiger partial charge in [0.1, 0.15) is 34.5 Å². The Morgan fingerprint density at radius 2 is 1.43 bits per heavy atom. The molecule has 2 atom stereocenters. The molecule has 4 aromatic rings. The normalized spacial score (nSPS) is 19.0. The van der Waals surface area contributed by atoms with Gasteiger partial charge in [-0.1, -0.05) is 12.1 Å². The van der Waals surface area contributed by atoms with E-state index in [1.807, 2.05) is 6.21 Å². The van der Waals surface area contributed by atoms with Crippen molar-refractivity contribution in [3.8, 4) is 22.6 Å². The molecule has 1 heterocycles. The van der Waals surface area contributed by atoms with Crippen LogP contribution in [-0.4, -0.2) is 12.2 Å². The van der Waals surface area contributed by atoms with Gasteiger partial charge in [0.05, 0.1) is 11.1 Å². The van der Waals surface area contributed by atoms with E-state index in [0.29, 0.717) is 18.1 Å². The molecule has 2 bridgehead atoms. The minimum Gasteiger partial charge on any atom is -0.429 e. The largest absolute Gasteiger partial charge is 0.432 e. The zero-order valence-corrected chi connectivity index (χ0v) is 22.3. The molecule has 0 aromatic heterocycles. The number of carbonyl (C=O) groups is 1. The Bertz CT molecular complexity index is 1780. The molecule has 2 aliphatic rings. The fourth-order valence-corrected chi connectivity index (χ4v) is 5.56. The van der Waals surface area contributed by atoms with Crippen molar-refractivity contribution in [3.63, 3.8) is 0 Å². The Morgan fingerprint density at radius 1 is 0.795 bits per heavy atom. The van der Waals surface area contributed by atoms with E-state index in [4.69, 9.17) is 4.74 Å². The van der Waals surface area contributed by atoms with E-state index in [1.165, 1.54) is 0 Å². The van der Waals surface area contributed by atoms with Crippen LogP contribution >= 0.6 is 0 Å². The van der Waals surface area contributed by atoms with Gasteiger partial charge in [0.25, 0.3) is 0 Å². The molecule has 0 radical (unpaired) electrons. The summed E-state index contributed by atoms with van der Waals surface area (Å²) < 4.78 is 123. The molecule has 1 aliphatic heterocycles. The van der Waals surface area contributed by atoms with Gasteiger partial charge in [-0.25, -0.2) is 31.1 Å². The number of aliphatic imine (C=N–C) groups is 1. The smallest absolute Gasteiger partial charge is 0.429 e. The van der Waals surface area contributed by atoms with Crippen LogP contribution in [0.4, 0.5) is 35.1 Å². The maximum absolute atomic E-state index is 15.0. The number of esters is 1. The fraction of sp³-hybridized carbons (Fsp3) is 0.188. The van der Waals surface area contributed by atoms with Crippen LogP contribution in [0.15, 0.2) is 71.7 Å². The molecule has 0 spiro atoms. The summed E-state index contributed by atoms with van der Waals surface area (Å²) >= 11 is 0. The molecule has 0 N–H and O–H groups in total. The molecular weight excluding hydrogens is 598 g/mol. The predicted molar refractivity (Wildman–Crippen MR) is 142 cm³/mol. The molecule has 6 rings (SSSR count). The number of hydrogen-bond acceptors (Lipinski definition) is 4. The predicted octanol–water partition coefficient (Wildman–Crippen LogP) is 8.62. The molecule has 4 nitrogen and oxygen atoms in total. The molecule has 1 unspecified atom stereocenters. The Labute approximate surface area is 244 Å². The Kier molecular flexibility index (Phi) is 7.17. The van der Waals surface area contributed by atoms with Crippen molar-refractivity contribution in [2.24, 2.45) is 10.9 Å². The van der Waals surface area contributed by atoms with Gasteiger partial charge >= 0.3 is 12.1 Å². The quantitative estimate of drug-likeness (QED) is 0.0903. The van der Waals surface area contributed by atoms with Crippen LogP contribution in [0.2, 0.25) is 0 Å². The molecule has 0 saturated heterocycles. The Morgan fingerprint density at radius 3 is 1.98 bits per heavy atom. The third-order valence-corrected chi connectivity index (χ3v) is 7.72. The first-order chi connectivity index (χ1) is 20.8. The number of nitrogens with zero attached hydrogens (tertiary/aromatic N) is 1. The van der Waals surface area contributed by atoms with Gasteiger partial charge in [-0.2, -0.15) is 8.78 Å². The lowest BCUT2D eigenvalue weighted by Crippen LogP contribution is -2.25. The summed E-state index contributed by atoms with van der Waals surface area (Å²) in [6, 6.07) is 10.6. The van der Waals surface area contributed by atoms with Crippen LogP contribution in [-0.2, 0) is 11.6 Å². The SMILES string of the molecule is O=C(Oc1ccc(-c2cc(F)c(C(F)(F)Oc3cc(F)c(F)c(F)c3)c(F)c2)c(F)c1)c1ccc([C@]23CCC(C=N2)C3)cc1. The maximum Gasteiger partial charge on any atom is 0.432 e. The van der Waals surface area contributed by atoms with Gasteiger partial charge in [0.2, 0.25) is 0 Å². The van der Waals surface area contributed by atoms with E-state index < -0.39 is 69.4 Å². The van der Waals surface area contributed by atoms with E-state index in [1.54, 1.807) is 24.3 Å². The molecule has 12 heteroatoms. The van der Waals surface area contributed by atoms with Crippen LogP contribution in [0.25, 0.3) is 11.1 Å². The molecule has 226 valence electrons. The third kappa shape index (κ3) is 5.29. The second kappa shape index (κ2) is 10.8. The summed E-state index contributed by atoms with van der Waals surface area (Å²) in [5, 5.41) is 0. The van der Waals surface area contributed by atoms with Crippen molar-refractivity contribution in [3.05, 3.63) is 118 Å². The van der Waals surface area contributed by atoms with Crippen molar-refractivity contribution in [2.75, 3.05) is 0 Å². The van der Waals surface area contributed by atoms with Gasteiger partial charge < -0.3 is 9.47 Å². The number of hydrogen-bond donors (Lipinski definition) is 0. The summed E-state index contributed by atoms with van der Waals surface area (Å²) in [5.41, 5.74) is -1.94. The van der Waals surface area contributed by atoms with Crippen molar-refractivity contribution in [1.82, 2.24) is 0 Å². The Balaban J connectivity index is 1.18. The highest BCUT2D eigenvalue weighted by molar-refractivity contribution is 5.91. The highest BCUT2D eigenvalue weighted by Gasteiger charge is 2.44. The molecule has 0 amide bonds. The highest BCUT2D eigenvalue weighted by atomic mass is 19.3. The average molecular weight is 617 g/mol. The number of halogens is 8. The van der Waals surface area contributed by atoms with Gasteiger partial charge in [0.15, 0.2) is 17.5 Å². The molecule has 44 heavy (non-hydrogen) atoms. The maximum atomic E-state index is 15.0. The van der Waals surface area contributed by atoms with E-state index in [-0.39, 0.29) is 29.0 Å². The summed E-state index contributed by atoms with van der Waals surface area (Å²) in [5.74, 6) is -12.3. The number of ether oxygens (including phenoxy) is 2. The fourth-order valence-electron chi connectivity index (χ4n) is 5.56. The lowest BCUT2D eigenvalue weighted by Gasteiger charge is -2.23. The van der Waals surface area contributed by atoms with E-state index in [9.17, 15) is 39.9 Å². The lowest BCUT2D eigenvalue weighted by atomic mass is 9.89. The van der Waals surface area contributed by atoms with Crippen molar-refractivity contribution >= 4 is 12.2 Å². The molecule has 4 aromatic carbocycles. The summed E-state index contributed by atoms with van der Waals surface area (Å²) in [4.78, 5) is 17.3. The monoisotopic (exact) mass is 617 g/mol. The Hall–Kier alpha value is -4.74. The standard InChI is InChI=1S/C32H19F8NO3/c33-23-11-20(43-30(42)17-1-3-19(4-2-17)31-8-7-16(14-31)15-41-31)5-6-22(23)18-9-24(34)28(25(35)10-18)32(39,40)44-21-12-26(36)29(38)27(37)13-21/h1-6,9-13,15-16H,7-8,14H2/t16?,31-/m1/s1. The summed E-state index contributed by atoms with van der Waals surface area (Å²) in [6.45, 7) is 0. The van der Waals surface area contributed by atoms with E-state index in [2.05, 4.69) is 9.73 Å². The molecule has 1 saturated carbocycles. The van der Waals surface area contributed by atoms with Crippen molar-refractivity contribution < 1.29 is 49.4 Å². The van der Waals surface area contributed by atoms with Gasteiger partial charge in [0, 0.05) is 30.0 Å². The first kappa shape index (κ1) is 29.3. The van der Waals surface area contributed by atoms with Crippen LogP contribution in [0.3, 0.4) is 0 Å². The number of fused-ring (bicyclic) bond motifs is 2. The second-order valence-corrected chi connectivity index (χ2v) is 10.6. The molecule has 1 aliphatic carbocycles. The van der Waals surface area contributed by atoms with Gasteiger partial charge in [-0.05, 0) is 72.7 Å². The van der Waals surface area contributed by atoms with Crippen LogP contribution in [0.5, 0.6) is 11.5 Å². The third-order valence-electron chi connectivity index (χ3n) is 7.72. The van der Waals surface area contributed by atoms with E-state index >= 15 is 0 Å². The average Bonchev–Trinajstić information content (AvgIpc) is 3.58. The zero-order chi connectivity index (χ0) is 31.4. The number of carbonyl (C=O) groups excluding carboxylic acids is 1. The van der Waals surface area contributed by atoms with Crippen LogP contribution < -0.4 is 9.47 Å². The van der Waals surface area contributed by atoms with Crippen LogP contribution in [0, 0.1) is 40.8 Å². The number of benzene rings is 4. The minimum absolute atomic E-state index is 0.0733. The van der Waals surface area contributed by atoms with E-state index in [0.717, 1.165) is 43.0 Å². The minimum atomic E-state index is -4.80. The van der Waals surface area contributed by atoms with Crippen LogP contribution in [0.1, 0.15) is 40.7 Å². The highest BCUT2D eigenvalue weighted by Crippen LogP contribution is 2.49. The van der Waals surface area contributed by atoms with Gasteiger partial charge in [-0.3, -0.25) is 4.99 Å². The first-order valence-electron chi connectivity index (χ1n) is 13.2. The molecular formula is C32H19F8NO3. The zero-order valence-electron chi connectivity index (χ0n) is 22.3. The van der Waals surface area contributed by atoms with Crippen molar-refractivity contribution in [2.45, 2.75) is 30.9 Å². The summed E-state index contributed by atoms with van der Waals surface area (Å²) in [7, 11) is 0.